The predicted octanol–water partition coefficient (Wildman–Crippen LogP) is 5.43. The second-order valence-electron chi connectivity index (χ2n) is 5.32. The molecular weight excluding hydrogens is 278 g/mol. The van der Waals surface area contributed by atoms with Gasteiger partial charge in [0.1, 0.15) is 0 Å². The molecule has 0 aliphatic rings. The monoisotopic (exact) mass is 310 g/mol. The first-order valence-electron chi connectivity index (χ1n) is 7.21. The summed E-state index contributed by atoms with van der Waals surface area (Å²) >= 11 is 2.02. The molecule has 18 heavy (non-hydrogen) atoms. The van der Waals surface area contributed by atoms with Gasteiger partial charge in [0.2, 0.25) is 0 Å². The van der Waals surface area contributed by atoms with Gasteiger partial charge >= 0.3 is 0 Å². The molecule has 0 rings (SSSR count). The quantitative estimate of drug-likeness (QED) is 0.372. The summed E-state index contributed by atoms with van der Waals surface area (Å²) in [6, 6.07) is 0. The van der Waals surface area contributed by atoms with Gasteiger partial charge in [-0.15, -0.1) is 7.92 Å². The Kier molecular flexibility index (Phi) is 12.7. The van der Waals surface area contributed by atoms with E-state index in [1.807, 2.05) is 11.8 Å². The van der Waals surface area contributed by atoms with Crippen LogP contribution in [0.4, 0.5) is 0 Å². The van der Waals surface area contributed by atoms with Gasteiger partial charge in [-0.05, 0) is 42.7 Å². The summed E-state index contributed by atoms with van der Waals surface area (Å²) in [5.41, 5.74) is 1.73. The van der Waals surface area contributed by atoms with Gasteiger partial charge in [-0.25, -0.2) is 0 Å². The molecule has 0 aromatic carbocycles. The molecule has 0 aliphatic heterocycles. The van der Waals surface area contributed by atoms with Gasteiger partial charge in [-0.3, -0.25) is 0 Å². The molecule has 1 nitrogen and oxygen atoms in total. The molecule has 0 aromatic rings. The summed E-state index contributed by atoms with van der Waals surface area (Å²) in [6.45, 7) is 13.9. The van der Waals surface area contributed by atoms with E-state index in [2.05, 4.69) is 41.5 Å². The van der Waals surface area contributed by atoms with Gasteiger partial charge in [0, 0.05) is 14.6 Å². The fraction of sp³-hybridized carbons (Fsp3) is 1.00. The third kappa shape index (κ3) is 10.0. The van der Waals surface area contributed by atoms with Crippen LogP contribution in [0.2, 0.25) is 0 Å². The van der Waals surface area contributed by atoms with Crippen LogP contribution >= 0.6 is 28.5 Å². The van der Waals surface area contributed by atoms with Gasteiger partial charge in [-0.1, -0.05) is 34.6 Å². The lowest BCUT2D eigenvalue weighted by Crippen LogP contribution is -2.09. The summed E-state index contributed by atoms with van der Waals surface area (Å²) in [4.78, 5) is 0. The summed E-state index contributed by atoms with van der Waals surface area (Å²) in [5, 5.41) is 0. The third-order valence-electron chi connectivity index (χ3n) is 2.78. The van der Waals surface area contributed by atoms with E-state index in [1.54, 1.807) is 0 Å². The van der Waals surface area contributed by atoms with E-state index in [9.17, 15) is 0 Å². The van der Waals surface area contributed by atoms with Gasteiger partial charge in [0.25, 0.3) is 0 Å². The normalized spacial score (nSPS) is 14.5. The lowest BCUT2D eigenvalue weighted by Gasteiger charge is -2.25. The van der Waals surface area contributed by atoms with E-state index in [1.165, 1.54) is 24.5 Å². The van der Waals surface area contributed by atoms with E-state index in [0.717, 1.165) is 17.1 Å². The zero-order valence-corrected chi connectivity index (χ0v) is 15.7. The van der Waals surface area contributed by atoms with Crippen molar-refractivity contribution in [3.05, 3.63) is 0 Å². The van der Waals surface area contributed by atoms with Crippen molar-refractivity contribution in [2.75, 3.05) is 23.8 Å². The average Bonchev–Trinajstić information content (AvgIpc) is 2.28. The number of thioether (sulfide) groups is 1. The molecule has 0 fully saturated rings. The molecule has 0 saturated heterocycles. The van der Waals surface area contributed by atoms with Gasteiger partial charge in [-0.2, -0.15) is 11.8 Å². The Balaban J connectivity index is 3.58. The van der Waals surface area contributed by atoms with Crippen LogP contribution in [0, 0.1) is 0 Å². The van der Waals surface area contributed by atoms with E-state index in [4.69, 9.17) is 4.52 Å². The minimum Gasteiger partial charge on any atom is -0.359 e. The lowest BCUT2D eigenvalue weighted by molar-refractivity contribution is 0.285. The van der Waals surface area contributed by atoms with Crippen molar-refractivity contribution in [2.45, 2.75) is 65.4 Å². The molecule has 0 heterocycles. The SMILES string of the molecule is CCCSCC(C)OPCCP(C(C)C)C(C)C. The highest BCUT2D eigenvalue weighted by atomic mass is 32.2. The van der Waals surface area contributed by atoms with Crippen molar-refractivity contribution in [1.29, 1.82) is 0 Å². The summed E-state index contributed by atoms with van der Waals surface area (Å²) in [6.07, 6.45) is 4.36. The Hall–Kier alpha value is 1.17. The van der Waals surface area contributed by atoms with Gasteiger partial charge < -0.3 is 4.52 Å². The lowest BCUT2D eigenvalue weighted by atomic mass is 10.5. The maximum absolute atomic E-state index is 5.92. The first kappa shape index (κ1) is 19.2. The minimum atomic E-state index is 0.199. The Labute approximate surface area is 122 Å². The Morgan fingerprint density at radius 1 is 1.11 bits per heavy atom. The summed E-state index contributed by atoms with van der Waals surface area (Å²) < 4.78 is 5.92. The highest BCUT2D eigenvalue weighted by molar-refractivity contribution is 7.99. The van der Waals surface area contributed by atoms with Crippen molar-refractivity contribution >= 4 is 28.5 Å². The van der Waals surface area contributed by atoms with Gasteiger partial charge in [0.15, 0.2) is 0 Å². The van der Waals surface area contributed by atoms with E-state index in [-0.39, 0.29) is 7.92 Å². The maximum Gasteiger partial charge on any atom is 0.0676 e. The average molecular weight is 310 g/mol. The molecule has 0 aliphatic carbocycles. The maximum atomic E-state index is 5.92. The minimum absolute atomic E-state index is 0.199. The van der Waals surface area contributed by atoms with Crippen molar-refractivity contribution in [3.8, 4) is 0 Å². The highest BCUT2D eigenvalue weighted by Crippen LogP contribution is 2.46. The number of rotatable bonds is 11. The van der Waals surface area contributed by atoms with E-state index < -0.39 is 0 Å². The molecule has 4 heteroatoms. The fourth-order valence-corrected chi connectivity index (χ4v) is 7.00. The van der Waals surface area contributed by atoms with Crippen LogP contribution in [-0.2, 0) is 4.52 Å². The molecule has 0 saturated carbocycles. The molecule has 0 aromatic heterocycles. The Morgan fingerprint density at radius 2 is 1.72 bits per heavy atom. The Morgan fingerprint density at radius 3 is 2.22 bits per heavy atom. The van der Waals surface area contributed by atoms with Crippen LogP contribution in [0.25, 0.3) is 0 Å². The summed E-state index contributed by atoms with van der Waals surface area (Å²) in [5.74, 6) is 2.42. The summed E-state index contributed by atoms with van der Waals surface area (Å²) in [7, 11) is 0.904. The molecule has 110 valence electrons. The molecule has 2 unspecified atom stereocenters. The molecule has 0 N–H and O–H groups in total. The molecule has 0 bridgehead atoms. The molecule has 0 amide bonds. The van der Waals surface area contributed by atoms with Crippen LogP contribution in [0.15, 0.2) is 0 Å². The second-order valence-corrected chi connectivity index (χ2v) is 11.0. The largest absolute Gasteiger partial charge is 0.359 e. The van der Waals surface area contributed by atoms with E-state index >= 15 is 0 Å². The standard InChI is InChI=1S/C14H32OP2S/c1-7-10-18-11-14(6)15-16-8-9-17(12(2)3)13(4)5/h12-14,16H,7-11H2,1-6H3. The fourth-order valence-electron chi connectivity index (χ4n) is 1.92. The van der Waals surface area contributed by atoms with Crippen molar-refractivity contribution in [1.82, 2.24) is 0 Å². The number of hydrogen-bond acceptors (Lipinski definition) is 2. The molecule has 0 spiro atoms. The molecule has 2 atom stereocenters. The van der Waals surface area contributed by atoms with Crippen molar-refractivity contribution in [2.24, 2.45) is 0 Å². The van der Waals surface area contributed by atoms with Crippen LogP contribution in [0.1, 0.15) is 48.0 Å². The Bertz CT molecular complexity index is 181. The third-order valence-corrected chi connectivity index (χ3v) is 9.02. The van der Waals surface area contributed by atoms with Crippen LogP contribution < -0.4 is 0 Å². The van der Waals surface area contributed by atoms with Crippen LogP contribution in [0.3, 0.4) is 0 Å². The first-order valence-corrected chi connectivity index (χ1v) is 11.1. The second kappa shape index (κ2) is 12.0. The van der Waals surface area contributed by atoms with Crippen LogP contribution in [0.5, 0.6) is 0 Å². The zero-order valence-electron chi connectivity index (χ0n) is 13.0. The van der Waals surface area contributed by atoms with Crippen molar-refractivity contribution in [3.63, 3.8) is 0 Å². The highest BCUT2D eigenvalue weighted by Gasteiger charge is 2.16. The van der Waals surface area contributed by atoms with E-state index in [0.29, 0.717) is 14.9 Å². The molecular formula is C14H32OP2S. The topological polar surface area (TPSA) is 9.23 Å². The first-order chi connectivity index (χ1) is 8.49. The molecule has 0 radical (unpaired) electrons. The zero-order chi connectivity index (χ0) is 14.0. The predicted molar refractivity (Wildman–Crippen MR) is 93.4 cm³/mol. The van der Waals surface area contributed by atoms with Crippen molar-refractivity contribution < 1.29 is 4.52 Å². The van der Waals surface area contributed by atoms with Crippen LogP contribution in [-0.4, -0.2) is 41.3 Å². The van der Waals surface area contributed by atoms with Gasteiger partial charge in [0.05, 0.1) is 6.10 Å². The smallest absolute Gasteiger partial charge is 0.0676 e. The number of hydrogen-bond donors (Lipinski definition) is 0.